The van der Waals surface area contributed by atoms with E-state index in [-0.39, 0.29) is 5.69 Å². The third-order valence-electron chi connectivity index (χ3n) is 5.19. The molecule has 2 heterocycles. The highest BCUT2D eigenvalue weighted by Gasteiger charge is 2.43. The molecule has 6 heteroatoms. The number of imide groups is 1. The van der Waals surface area contributed by atoms with Gasteiger partial charge in [-0.1, -0.05) is 31.2 Å². The van der Waals surface area contributed by atoms with Crippen molar-refractivity contribution < 1.29 is 18.7 Å². The fourth-order valence-corrected chi connectivity index (χ4v) is 3.80. The van der Waals surface area contributed by atoms with Crippen molar-refractivity contribution in [3.05, 3.63) is 65.6 Å². The zero-order valence-corrected chi connectivity index (χ0v) is 16.4. The minimum absolute atomic E-state index is 0.0166. The first-order chi connectivity index (χ1) is 14.1. The summed E-state index contributed by atoms with van der Waals surface area (Å²) in [7, 11) is 0. The molecule has 2 aromatic carbocycles. The SMILES string of the molecule is CCCOc1ccc(C2=C(N3CCCC3)C(=O)N(c3ccccc3F)C2=O)cc1. The van der Waals surface area contributed by atoms with Crippen LogP contribution < -0.4 is 9.64 Å². The fourth-order valence-electron chi connectivity index (χ4n) is 3.80. The van der Waals surface area contributed by atoms with Crippen molar-refractivity contribution in [3.8, 4) is 5.75 Å². The van der Waals surface area contributed by atoms with E-state index in [4.69, 9.17) is 4.74 Å². The van der Waals surface area contributed by atoms with Crippen molar-refractivity contribution in [1.29, 1.82) is 0 Å². The topological polar surface area (TPSA) is 49.9 Å². The molecule has 2 aliphatic rings. The zero-order valence-electron chi connectivity index (χ0n) is 16.4. The largest absolute Gasteiger partial charge is 0.494 e. The summed E-state index contributed by atoms with van der Waals surface area (Å²) in [4.78, 5) is 29.5. The lowest BCUT2D eigenvalue weighted by atomic mass is 10.0. The molecule has 0 saturated carbocycles. The molecular weight excluding hydrogens is 371 g/mol. The average molecular weight is 394 g/mol. The summed E-state index contributed by atoms with van der Waals surface area (Å²) in [6, 6.07) is 13.0. The van der Waals surface area contributed by atoms with Crippen LogP contribution in [-0.2, 0) is 9.59 Å². The van der Waals surface area contributed by atoms with Crippen LogP contribution in [0.2, 0.25) is 0 Å². The normalized spacial score (nSPS) is 16.9. The van der Waals surface area contributed by atoms with Crippen molar-refractivity contribution in [2.45, 2.75) is 26.2 Å². The van der Waals surface area contributed by atoms with E-state index in [0.29, 0.717) is 42.3 Å². The van der Waals surface area contributed by atoms with Crippen LogP contribution in [0.4, 0.5) is 10.1 Å². The summed E-state index contributed by atoms with van der Waals surface area (Å²) in [5.74, 6) is -0.853. The van der Waals surface area contributed by atoms with Crippen LogP contribution in [-0.4, -0.2) is 36.4 Å². The van der Waals surface area contributed by atoms with E-state index in [9.17, 15) is 14.0 Å². The molecule has 0 spiro atoms. The standard InChI is InChI=1S/C23H23FN2O3/c1-2-15-29-17-11-9-16(10-12-17)20-21(25-13-5-6-14-25)23(28)26(22(20)27)19-8-4-3-7-18(19)24/h3-4,7-12H,2,5-6,13-15H2,1H3. The number of halogens is 1. The third kappa shape index (κ3) is 3.50. The van der Waals surface area contributed by atoms with Gasteiger partial charge < -0.3 is 9.64 Å². The second-order valence-electron chi connectivity index (χ2n) is 7.19. The van der Waals surface area contributed by atoms with Crippen molar-refractivity contribution in [2.24, 2.45) is 0 Å². The number of hydrogen-bond acceptors (Lipinski definition) is 4. The molecule has 0 aromatic heterocycles. The predicted molar refractivity (Wildman–Crippen MR) is 109 cm³/mol. The lowest BCUT2D eigenvalue weighted by molar-refractivity contribution is -0.120. The number of carbonyl (C=O) groups is 2. The first kappa shape index (κ1) is 19.2. The van der Waals surface area contributed by atoms with Gasteiger partial charge in [0.1, 0.15) is 17.3 Å². The van der Waals surface area contributed by atoms with Crippen molar-refractivity contribution in [1.82, 2.24) is 4.90 Å². The van der Waals surface area contributed by atoms with Crippen LogP contribution in [0.3, 0.4) is 0 Å². The fraction of sp³-hybridized carbons (Fsp3) is 0.304. The second-order valence-corrected chi connectivity index (χ2v) is 7.19. The van der Waals surface area contributed by atoms with Gasteiger partial charge in [0.15, 0.2) is 0 Å². The Bertz CT molecular complexity index is 962. The molecule has 4 rings (SSSR count). The Labute approximate surface area is 169 Å². The van der Waals surface area contributed by atoms with Crippen molar-refractivity contribution in [2.75, 3.05) is 24.6 Å². The van der Waals surface area contributed by atoms with Gasteiger partial charge >= 0.3 is 0 Å². The molecule has 1 saturated heterocycles. The smallest absolute Gasteiger partial charge is 0.282 e. The first-order valence-corrected chi connectivity index (χ1v) is 9.97. The molecular formula is C23H23FN2O3. The van der Waals surface area contributed by atoms with Gasteiger partial charge in [-0.25, -0.2) is 9.29 Å². The molecule has 2 amide bonds. The highest BCUT2D eigenvalue weighted by molar-refractivity contribution is 6.45. The van der Waals surface area contributed by atoms with E-state index in [1.807, 2.05) is 11.8 Å². The van der Waals surface area contributed by atoms with Crippen LogP contribution in [0, 0.1) is 5.82 Å². The average Bonchev–Trinajstić information content (AvgIpc) is 3.34. The Balaban J connectivity index is 1.76. The summed E-state index contributed by atoms with van der Waals surface area (Å²) in [5, 5.41) is 0. The first-order valence-electron chi connectivity index (χ1n) is 9.97. The van der Waals surface area contributed by atoms with Crippen LogP contribution in [0.5, 0.6) is 5.75 Å². The molecule has 1 fully saturated rings. The Hall–Kier alpha value is -3.15. The maximum Gasteiger partial charge on any atom is 0.282 e. The van der Waals surface area contributed by atoms with Gasteiger partial charge in [0, 0.05) is 13.1 Å². The van der Waals surface area contributed by atoms with Gasteiger partial charge in [0.25, 0.3) is 11.8 Å². The number of rotatable bonds is 6. The lowest BCUT2D eigenvalue weighted by Gasteiger charge is -2.20. The van der Waals surface area contributed by atoms with Gasteiger partial charge in [-0.2, -0.15) is 0 Å². The second kappa shape index (κ2) is 8.07. The van der Waals surface area contributed by atoms with Crippen LogP contribution >= 0.6 is 0 Å². The third-order valence-corrected chi connectivity index (χ3v) is 5.19. The monoisotopic (exact) mass is 394 g/mol. The van der Waals surface area contributed by atoms with Crippen molar-refractivity contribution in [3.63, 3.8) is 0 Å². The zero-order chi connectivity index (χ0) is 20.4. The highest BCUT2D eigenvalue weighted by Crippen LogP contribution is 2.37. The Morgan fingerprint density at radius 1 is 0.966 bits per heavy atom. The van der Waals surface area contributed by atoms with Gasteiger partial charge in [-0.15, -0.1) is 0 Å². The molecule has 29 heavy (non-hydrogen) atoms. The molecule has 150 valence electrons. The number of nitrogens with zero attached hydrogens (tertiary/aromatic N) is 2. The molecule has 0 radical (unpaired) electrons. The lowest BCUT2D eigenvalue weighted by Crippen LogP contribution is -2.35. The van der Waals surface area contributed by atoms with Crippen LogP contribution in [0.1, 0.15) is 31.7 Å². The Morgan fingerprint density at radius 2 is 1.66 bits per heavy atom. The molecule has 0 N–H and O–H groups in total. The number of hydrogen-bond donors (Lipinski definition) is 0. The van der Waals surface area contributed by atoms with Gasteiger partial charge in [0.05, 0.1) is 17.9 Å². The summed E-state index contributed by atoms with van der Waals surface area (Å²) in [6.45, 7) is 4.06. The van der Waals surface area contributed by atoms with E-state index in [0.717, 1.165) is 24.2 Å². The minimum atomic E-state index is -0.598. The maximum atomic E-state index is 14.4. The number of anilines is 1. The number of ether oxygens (including phenoxy) is 1. The number of likely N-dealkylation sites (tertiary alicyclic amines) is 1. The summed E-state index contributed by atoms with van der Waals surface area (Å²) in [5.41, 5.74) is 1.30. The van der Waals surface area contributed by atoms with E-state index < -0.39 is 17.6 Å². The number of para-hydroxylation sites is 1. The van der Waals surface area contributed by atoms with Crippen molar-refractivity contribution >= 4 is 23.1 Å². The van der Waals surface area contributed by atoms with Crippen LogP contribution in [0.15, 0.2) is 54.2 Å². The van der Waals surface area contributed by atoms with E-state index in [1.54, 1.807) is 30.3 Å². The van der Waals surface area contributed by atoms with Gasteiger partial charge in [0.2, 0.25) is 0 Å². The van der Waals surface area contributed by atoms with Gasteiger partial charge in [-0.3, -0.25) is 9.59 Å². The summed E-state index contributed by atoms with van der Waals surface area (Å²) in [6.07, 6.45) is 2.82. The summed E-state index contributed by atoms with van der Waals surface area (Å²) < 4.78 is 20.0. The number of benzene rings is 2. The van der Waals surface area contributed by atoms with Crippen LogP contribution in [0.25, 0.3) is 5.57 Å². The predicted octanol–water partition coefficient (Wildman–Crippen LogP) is 3.99. The van der Waals surface area contributed by atoms with E-state index in [2.05, 4.69) is 0 Å². The molecule has 2 aliphatic heterocycles. The number of amides is 2. The molecule has 0 bridgehead atoms. The maximum absolute atomic E-state index is 14.4. The number of carbonyl (C=O) groups excluding carboxylic acids is 2. The van der Waals surface area contributed by atoms with E-state index in [1.165, 1.54) is 18.2 Å². The minimum Gasteiger partial charge on any atom is -0.494 e. The van der Waals surface area contributed by atoms with E-state index >= 15 is 0 Å². The molecule has 5 nitrogen and oxygen atoms in total. The molecule has 0 atom stereocenters. The Kier molecular flexibility index (Phi) is 5.34. The molecule has 0 unspecified atom stereocenters. The van der Waals surface area contributed by atoms with Gasteiger partial charge in [-0.05, 0) is 49.1 Å². The quantitative estimate of drug-likeness (QED) is 0.695. The molecule has 2 aromatic rings. The Morgan fingerprint density at radius 3 is 2.31 bits per heavy atom. The highest BCUT2D eigenvalue weighted by atomic mass is 19.1. The molecule has 0 aliphatic carbocycles. The summed E-state index contributed by atoms with van der Waals surface area (Å²) >= 11 is 0.